The number of carbonyl (C=O) groups is 1. The Morgan fingerprint density at radius 2 is 1.76 bits per heavy atom. The van der Waals surface area contributed by atoms with Gasteiger partial charge in [0.15, 0.2) is 5.17 Å². The number of halogens is 1. The third-order valence-corrected chi connectivity index (χ3v) is 7.57. The van der Waals surface area contributed by atoms with E-state index >= 15 is 0 Å². The van der Waals surface area contributed by atoms with Crippen molar-refractivity contribution in [2.75, 3.05) is 18.0 Å². The van der Waals surface area contributed by atoms with Crippen molar-refractivity contribution < 1.29 is 4.79 Å². The average molecular weight is 444 g/mol. The number of rotatable bonds is 4. The van der Waals surface area contributed by atoms with Crippen LogP contribution >= 0.6 is 35.1 Å². The summed E-state index contributed by atoms with van der Waals surface area (Å²) < 4.78 is 0. The first-order valence-corrected chi connectivity index (χ1v) is 11.7. The number of hydrogen-bond acceptors (Lipinski definition) is 5. The van der Waals surface area contributed by atoms with Gasteiger partial charge in [0.2, 0.25) is 0 Å². The van der Waals surface area contributed by atoms with Gasteiger partial charge in [-0.15, -0.1) is 0 Å². The summed E-state index contributed by atoms with van der Waals surface area (Å²) in [5.74, 6) is 0.0244. The average Bonchev–Trinajstić information content (AvgIpc) is 3.24. The van der Waals surface area contributed by atoms with Gasteiger partial charge in [-0.05, 0) is 56.3 Å². The van der Waals surface area contributed by atoms with Crippen molar-refractivity contribution in [1.29, 1.82) is 0 Å². The summed E-state index contributed by atoms with van der Waals surface area (Å²) in [6.07, 6.45) is 0. The highest BCUT2D eigenvalue weighted by molar-refractivity contribution is 8.19. The maximum atomic E-state index is 13.2. The lowest BCUT2D eigenvalue weighted by Crippen LogP contribution is -2.30. The maximum absolute atomic E-state index is 13.2. The lowest BCUT2D eigenvalue weighted by atomic mass is 10.1. The van der Waals surface area contributed by atoms with E-state index in [0.29, 0.717) is 11.6 Å². The first-order chi connectivity index (χ1) is 14.0. The fourth-order valence-electron chi connectivity index (χ4n) is 3.42. The fraction of sp³-hybridized carbons (Fsp3) is 0.273. The topological polar surface area (TPSA) is 35.9 Å². The molecule has 0 aromatic heterocycles. The molecule has 2 aromatic carbocycles. The minimum atomic E-state index is -0.0144. The molecule has 7 heteroatoms. The summed E-state index contributed by atoms with van der Waals surface area (Å²) in [5, 5.41) is 2.44. The molecule has 0 bridgehead atoms. The lowest BCUT2D eigenvalue weighted by molar-refractivity contribution is -0.122. The number of fused-ring (bicyclic) bond motifs is 1. The zero-order valence-corrected chi connectivity index (χ0v) is 18.9. The van der Waals surface area contributed by atoms with Crippen LogP contribution in [0.15, 0.2) is 68.4 Å². The van der Waals surface area contributed by atoms with Gasteiger partial charge in [-0.2, -0.15) is 0 Å². The van der Waals surface area contributed by atoms with Crippen LogP contribution in [0.5, 0.6) is 0 Å². The quantitative estimate of drug-likeness (QED) is 0.530. The van der Waals surface area contributed by atoms with Gasteiger partial charge in [-0.3, -0.25) is 14.7 Å². The van der Waals surface area contributed by atoms with Gasteiger partial charge in [0.25, 0.3) is 5.91 Å². The van der Waals surface area contributed by atoms with E-state index in [1.807, 2.05) is 43.3 Å². The van der Waals surface area contributed by atoms with E-state index in [0.717, 1.165) is 37.8 Å². The van der Waals surface area contributed by atoms with Gasteiger partial charge in [-0.1, -0.05) is 53.7 Å². The van der Waals surface area contributed by atoms with Crippen molar-refractivity contribution in [3.05, 3.63) is 69.1 Å². The highest BCUT2D eigenvalue weighted by Gasteiger charge is 2.39. The van der Waals surface area contributed by atoms with Crippen molar-refractivity contribution in [3.8, 4) is 0 Å². The molecule has 150 valence electrons. The van der Waals surface area contributed by atoms with Crippen LogP contribution in [0.1, 0.15) is 32.4 Å². The molecular weight excluding hydrogens is 422 g/mol. The lowest BCUT2D eigenvalue weighted by Gasteiger charge is -2.19. The van der Waals surface area contributed by atoms with Crippen LogP contribution in [0, 0.1) is 0 Å². The van der Waals surface area contributed by atoms with E-state index in [9.17, 15) is 4.79 Å². The summed E-state index contributed by atoms with van der Waals surface area (Å²) in [6, 6.07) is 16.0. The zero-order valence-electron chi connectivity index (χ0n) is 16.6. The molecule has 2 aromatic rings. The van der Waals surface area contributed by atoms with Crippen LogP contribution in [0.3, 0.4) is 0 Å². The molecule has 4 nitrogen and oxygen atoms in total. The summed E-state index contributed by atoms with van der Waals surface area (Å²) in [7, 11) is 0. The van der Waals surface area contributed by atoms with Crippen LogP contribution in [0.2, 0.25) is 5.02 Å². The van der Waals surface area contributed by atoms with E-state index < -0.39 is 0 Å². The molecule has 4 rings (SSSR count). The van der Waals surface area contributed by atoms with Gasteiger partial charge in [-0.25, -0.2) is 0 Å². The minimum absolute atomic E-state index is 0.0144. The SMILES string of the molecule is CCN1C(=O)/C(=C2/Sc3ccc(Cl)cc3N2CC)SC1=N[C@H](C)c1ccccc1. The molecular formula is C22H22ClN3OS2. The third kappa shape index (κ3) is 3.81. The van der Waals surface area contributed by atoms with E-state index in [1.54, 1.807) is 16.7 Å². The normalized spacial score (nSPS) is 21.2. The minimum Gasteiger partial charge on any atom is -0.334 e. The molecule has 1 saturated heterocycles. The third-order valence-electron chi connectivity index (χ3n) is 4.94. The molecule has 0 spiro atoms. The molecule has 1 fully saturated rings. The van der Waals surface area contributed by atoms with Crippen LogP contribution in [-0.2, 0) is 4.79 Å². The zero-order chi connectivity index (χ0) is 20.5. The predicted octanol–water partition coefficient (Wildman–Crippen LogP) is 6.15. The van der Waals surface area contributed by atoms with Gasteiger partial charge in [0.1, 0.15) is 9.93 Å². The highest BCUT2D eigenvalue weighted by Crippen LogP contribution is 2.51. The van der Waals surface area contributed by atoms with Gasteiger partial charge >= 0.3 is 0 Å². The number of aliphatic imine (C=N–C) groups is 1. The second kappa shape index (κ2) is 8.46. The van der Waals surface area contributed by atoms with Crippen molar-refractivity contribution in [1.82, 2.24) is 4.90 Å². The Morgan fingerprint density at radius 1 is 1.03 bits per heavy atom. The molecule has 0 saturated carbocycles. The monoisotopic (exact) mass is 443 g/mol. The number of carbonyl (C=O) groups excluding carboxylic acids is 1. The van der Waals surface area contributed by atoms with Gasteiger partial charge in [0.05, 0.1) is 11.7 Å². The van der Waals surface area contributed by atoms with Crippen LogP contribution in [0.25, 0.3) is 0 Å². The number of nitrogens with zero attached hydrogens (tertiary/aromatic N) is 3. The van der Waals surface area contributed by atoms with Crippen molar-refractivity contribution in [2.45, 2.75) is 31.7 Å². The van der Waals surface area contributed by atoms with Crippen LogP contribution in [0.4, 0.5) is 5.69 Å². The molecule has 0 aliphatic carbocycles. The number of amidine groups is 1. The number of benzene rings is 2. The smallest absolute Gasteiger partial charge is 0.269 e. The molecule has 2 heterocycles. The van der Waals surface area contributed by atoms with E-state index in [1.165, 1.54) is 11.8 Å². The van der Waals surface area contributed by atoms with Crippen molar-refractivity contribution in [2.24, 2.45) is 4.99 Å². The molecule has 2 aliphatic heterocycles. The molecule has 1 amide bonds. The maximum Gasteiger partial charge on any atom is 0.269 e. The number of thioether (sulfide) groups is 2. The largest absolute Gasteiger partial charge is 0.334 e. The second-order valence-electron chi connectivity index (χ2n) is 6.74. The molecule has 29 heavy (non-hydrogen) atoms. The Hall–Kier alpha value is -1.89. The molecule has 0 N–H and O–H groups in total. The van der Waals surface area contributed by atoms with Crippen molar-refractivity contribution >= 4 is 51.9 Å². The van der Waals surface area contributed by atoms with E-state index in [4.69, 9.17) is 16.6 Å². The Kier molecular flexibility index (Phi) is 5.95. The van der Waals surface area contributed by atoms with Crippen LogP contribution < -0.4 is 4.90 Å². The Labute approximate surface area is 185 Å². The summed E-state index contributed by atoms with van der Waals surface area (Å²) in [5.41, 5.74) is 2.20. The molecule has 0 radical (unpaired) electrons. The molecule has 1 atom stereocenters. The Morgan fingerprint density at radius 3 is 2.45 bits per heavy atom. The number of anilines is 1. The standard InChI is InChI=1S/C22H22ClN3OS2/c1-4-25-17-13-16(23)11-12-18(17)28-21(25)19-20(27)26(5-2)22(29-19)24-14(3)15-9-7-6-8-10-15/h6-14H,4-5H2,1-3H3/b21-19-,24-22?/t14-/m1/s1. The number of likely N-dealkylation sites (N-methyl/N-ethyl adjacent to an activating group) is 1. The predicted molar refractivity (Wildman–Crippen MR) is 125 cm³/mol. The van der Waals surface area contributed by atoms with E-state index in [2.05, 4.69) is 30.9 Å². The fourth-order valence-corrected chi connectivity index (χ4v) is 6.08. The highest BCUT2D eigenvalue weighted by atomic mass is 35.5. The summed E-state index contributed by atoms with van der Waals surface area (Å²) in [4.78, 5) is 23.9. The Bertz CT molecular complexity index is 1010. The van der Waals surface area contributed by atoms with Crippen LogP contribution in [-0.4, -0.2) is 29.1 Å². The van der Waals surface area contributed by atoms with Gasteiger partial charge in [0, 0.05) is 23.0 Å². The second-order valence-corrected chi connectivity index (χ2v) is 9.19. The van der Waals surface area contributed by atoms with Crippen molar-refractivity contribution in [3.63, 3.8) is 0 Å². The van der Waals surface area contributed by atoms with Gasteiger partial charge < -0.3 is 4.90 Å². The Balaban J connectivity index is 1.71. The summed E-state index contributed by atoms with van der Waals surface area (Å²) >= 11 is 9.32. The number of amides is 1. The molecule has 2 aliphatic rings. The first-order valence-electron chi connectivity index (χ1n) is 9.65. The molecule has 0 unspecified atom stereocenters. The summed E-state index contributed by atoms with van der Waals surface area (Å²) in [6.45, 7) is 7.51. The first kappa shape index (κ1) is 20.4. The number of hydrogen-bond donors (Lipinski definition) is 0. The van der Waals surface area contributed by atoms with E-state index in [-0.39, 0.29) is 11.9 Å².